The average molecular weight is 589 g/mol. The Morgan fingerprint density at radius 3 is 2.77 bits per heavy atom. The van der Waals surface area contributed by atoms with Crippen LogP contribution in [0.15, 0.2) is 30.6 Å². The molecule has 6 heterocycles. The summed E-state index contributed by atoms with van der Waals surface area (Å²) in [6, 6.07) is 8.13. The molecular formula is C31H44N10O2. The Hall–Kier alpha value is -3.45. The first-order valence-corrected chi connectivity index (χ1v) is 15.7. The molecule has 2 fully saturated rings. The van der Waals surface area contributed by atoms with Gasteiger partial charge in [0.25, 0.3) is 5.91 Å². The van der Waals surface area contributed by atoms with Crippen LogP contribution in [0.25, 0.3) is 11.5 Å². The van der Waals surface area contributed by atoms with Crippen LogP contribution in [0.4, 0.5) is 11.6 Å². The van der Waals surface area contributed by atoms with E-state index in [1.54, 1.807) is 11.2 Å². The zero-order valence-corrected chi connectivity index (χ0v) is 25.7. The number of rotatable bonds is 12. The third kappa shape index (κ3) is 6.57. The van der Waals surface area contributed by atoms with Gasteiger partial charge in [-0.05, 0) is 51.9 Å². The van der Waals surface area contributed by atoms with Gasteiger partial charge in [-0.15, -0.1) is 10.2 Å². The van der Waals surface area contributed by atoms with Gasteiger partial charge in [0.05, 0.1) is 31.0 Å². The highest BCUT2D eigenvalue weighted by molar-refractivity contribution is 6.10. The minimum absolute atomic E-state index is 0.0349. The molecule has 6 rings (SSSR count). The lowest BCUT2D eigenvalue weighted by atomic mass is 10.1. The van der Waals surface area contributed by atoms with Crippen LogP contribution in [0, 0.1) is 0 Å². The van der Waals surface area contributed by atoms with E-state index in [1.807, 2.05) is 35.8 Å². The topological polar surface area (TPSA) is 108 Å². The zero-order chi connectivity index (χ0) is 29.8. The molecule has 3 aliphatic heterocycles. The van der Waals surface area contributed by atoms with Gasteiger partial charge < -0.3 is 19.5 Å². The predicted octanol–water partition coefficient (Wildman–Crippen LogP) is 2.26. The summed E-state index contributed by atoms with van der Waals surface area (Å²) < 4.78 is 7.94. The first-order valence-electron chi connectivity index (χ1n) is 15.7. The van der Waals surface area contributed by atoms with E-state index in [4.69, 9.17) is 14.7 Å². The highest BCUT2D eigenvalue weighted by atomic mass is 16.5. The van der Waals surface area contributed by atoms with Gasteiger partial charge >= 0.3 is 0 Å². The second kappa shape index (κ2) is 13.5. The van der Waals surface area contributed by atoms with Crippen molar-refractivity contribution in [3.8, 4) is 11.5 Å². The Kier molecular flexibility index (Phi) is 9.27. The molecule has 12 nitrogen and oxygen atoms in total. The van der Waals surface area contributed by atoms with Crippen LogP contribution >= 0.6 is 0 Å². The maximum atomic E-state index is 13.9. The molecule has 3 aromatic rings. The molecule has 3 aliphatic rings. The summed E-state index contributed by atoms with van der Waals surface area (Å²) in [5.41, 5.74) is 3.36. The number of aromatic nitrogens is 5. The number of pyridine rings is 2. The second-order valence-electron chi connectivity index (χ2n) is 11.8. The molecule has 12 heteroatoms. The quantitative estimate of drug-likeness (QED) is 0.317. The summed E-state index contributed by atoms with van der Waals surface area (Å²) >= 11 is 0. The number of nitrogens with one attached hydrogen (secondary N) is 1. The summed E-state index contributed by atoms with van der Waals surface area (Å²) in [5.74, 6) is 2.16. The average Bonchev–Trinajstić information content (AvgIpc) is 3.76. The number of nitrogens with zero attached hydrogens (tertiary/aromatic N) is 9. The van der Waals surface area contributed by atoms with E-state index in [2.05, 4.69) is 44.2 Å². The van der Waals surface area contributed by atoms with Crippen molar-refractivity contribution >= 4 is 17.5 Å². The third-order valence-corrected chi connectivity index (χ3v) is 8.83. The fourth-order valence-electron chi connectivity index (χ4n) is 6.26. The number of hydrogen-bond donors (Lipinski definition) is 1. The van der Waals surface area contributed by atoms with Crippen molar-refractivity contribution in [2.75, 3.05) is 75.9 Å². The Balaban J connectivity index is 1.18. The van der Waals surface area contributed by atoms with Gasteiger partial charge in [-0.3, -0.25) is 19.5 Å². The number of carbonyl (C=O) groups excluding carboxylic acids is 1. The standard InChI is InChI=1S/C31H44N10O2/c1-4-39-22-33-36-30(39)26-8-5-9-28(34-26)41-20-25-24(31(41)42)19-29(40-12-6-7-23(40)2)35-27(25)21-37(3)15-17-43-18-16-38-13-10-32-11-14-38/h5,8-9,19,22-23,32H,4,6-7,10-18,20-21H2,1-3H3/t23-/m1/s1. The van der Waals surface area contributed by atoms with Crippen LogP contribution in [0.3, 0.4) is 0 Å². The smallest absolute Gasteiger partial charge is 0.260 e. The first-order chi connectivity index (χ1) is 21.0. The lowest BCUT2D eigenvalue weighted by Gasteiger charge is -2.27. The van der Waals surface area contributed by atoms with Gasteiger partial charge in [0.2, 0.25) is 0 Å². The first kappa shape index (κ1) is 29.6. The zero-order valence-electron chi connectivity index (χ0n) is 25.7. The van der Waals surface area contributed by atoms with Gasteiger partial charge in [-0.25, -0.2) is 9.97 Å². The fraction of sp³-hybridized carbons (Fsp3) is 0.581. The number of ether oxygens (including phenoxy) is 1. The van der Waals surface area contributed by atoms with Gasteiger partial charge in [0.15, 0.2) is 5.82 Å². The Labute approximate surface area is 254 Å². The van der Waals surface area contributed by atoms with Crippen molar-refractivity contribution in [2.24, 2.45) is 0 Å². The highest BCUT2D eigenvalue weighted by Crippen LogP contribution is 2.34. The van der Waals surface area contributed by atoms with Crippen LogP contribution < -0.4 is 15.1 Å². The molecule has 0 aromatic carbocycles. The number of amides is 1. The Morgan fingerprint density at radius 2 is 1.98 bits per heavy atom. The van der Waals surface area contributed by atoms with Crippen LogP contribution in [0.5, 0.6) is 0 Å². The number of aryl methyl sites for hydroxylation is 1. The van der Waals surface area contributed by atoms with Crippen molar-refractivity contribution in [3.05, 3.63) is 47.4 Å². The largest absolute Gasteiger partial charge is 0.379 e. The van der Waals surface area contributed by atoms with Crippen molar-refractivity contribution in [2.45, 2.75) is 52.4 Å². The SMILES string of the molecule is CCn1cnnc1-c1cccc(N2Cc3c(cc(N4CCC[C@H]4C)nc3CN(C)CCOCCN3CCNCC3)C2=O)n1. The molecule has 0 spiro atoms. The molecule has 1 amide bonds. The van der Waals surface area contributed by atoms with E-state index in [0.717, 1.165) is 94.4 Å². The molecule has 0 saturated carbocycles. The van der Waals surface area contributed by atoms with Crippen LogP contribution in [-0.4, -0.2) is 113 Å². The molecule has 0 bridgehead atoms. The number of hydrogen-bond acceptors (Lipinski definition) is 10. The molecule has 1 atom stereocenters. The summed E-state index contributed by atoms with van der Waals surface area (Å²) in [5, 5.41) is 11.7. The van der Waals surface area contributed by atoms with Crippen molar-refractivity contribution < 1.29 is 9.53 Å². The third-order valence-electron chi connectivity index (χ3n) is 8.83. The molecule has 43 heavy (non-hydrogen) atoms. The summed E-state index contributed by atoms with van der Waals surface area (Å²) in [7, 11) is 2.10. The lowest BCUT2D eigenvalue weighted by molar-refractivity contribution is 0.0834. The van der Waals surface area contributed by atoms with E-state index in [0.29, 0.717) is 43.1 Å². The van der Waals surface area contributed by atoms with E-state index in [1.165, 1.54) is 0 Å². The van der Waals surface area contributed by atoms with Gasteiger partial charge in [-0.1, -0.05) is 6.07 Å². The molecular weight excluding hydrogens is 544 g/mol. The van der Waals surface area contributed by atoms with Gasteiger partial charge in [0, 0.05) is 70.5 Å². The minimum atomic E-state index is -0.0349. The van der Waals surface area contributed by atoms with Gasteiger partial charge in [-0.2, -0.15) is 0 Å². The van der Waals surface area contributed by atoms with E-state index in [-0.39, 0.29) is 5.91 Å². The molecule has 2 saturated heterocycles. The summed E-state index contributed by atoms with van der Waals surface area (Å²) in [4.78, 5) is 32.8. The van der Waals surface area contributed by atoms with Crippen LogP contribution in [-0.2, 0) is 24.4 Å². The summed E-state index contributed by atoms with van der Waals surface area (Å²) in [6.07, 6.45) is 3.98. The maximum Gasteiger partial charge on any atom is 0.260 e. The highest BCUT2D eigenvalue weighted by Gasteiger charge is 2.34. The molecule has 230 valence electrons. The van der Waals surface area contributed by atoms with Crippen LogP contribution in [0.2, 0.25) is 0 Å². The van der Waals surface area contributed by atoms with E-state index < -0.39 is 0 Å². The monoisotopic (exact) mass is 588 g/mol. The molecule has 0 radical (unpaired) electrons. The molecule has 1 N–H and O–H groups in total. The second-order valence-corrected chi connectivity index (χ2v) is 11.8. The number of fused-ring (bicyclic) bond motifs is 1. The van der Waals surface area contributed by atoms with E-state index >= 15 is 0 Å². The number of piperazine rings is 1. The van der Waals surface area contributed by atoms with E-state index in [9.17, 15) is 4.79 Å². The molecule has 0 aliphatic carbocycles. The Bertz CT molecular complexity index is 1400. The normalized spacial score (nSPS) is 19.2. The summed E-state index contributed by atoms with van der Waals surface area (Å²) in [6.45, 7) is 14.5. The maximum absolute atomic E-state index is 13.9. The predicted molar refractivity (Wildman–Crippen MR) is 166 cm³/mol. The Morgan fingerprint density at radius 1 is 1.12 bits per heavy atom. The fourth-order valence-corrected chi connectivity index (χ4v) is 6.26. The number of likely N-dealkylation sites (N-methyl/N-ethyl adjacent to an activating group) is 1. The minimum Gasteiger partial charge on any atom is -0.379 e. The van der Waals surface area contributed by atoms with Crippen molar-refractivity contribution in [1.82, 2.24) is 39.8 Å². The van der Waals surface area contributed by atoms with Gasteiger partial charge in [0.1, 0.15) is 23.7 Å². The van der Waals surface area contributed by atoms with Crippen molar-refractivity contribution in [1.29, 1.82) is 0 Å². The lowest BCUT2D eigenvalue weighted by Crippen LogP contribution is -2.44. The van der Waals surface area contributed by atoms with Crippen molar-refractivity contribution in [3.63, 3.8) is 0 Å². The van der Waals surface area contributed by atoms with Crippen LogP contribution in [0.1, 0.15) is 48.3 Å². The molecule has 0 unspecified atom stereocenters. The number of anilines is 2. The number of carbonyl (C=O) groups is 1. The molecule has 3 aromatic heterocycles.